The zero-order valence-corrected chi connectivity index (χ0v) is 9.14. The Morgan fingerprint density at radius 1 is 1.47 bits per heavy atom. The lowest BCUT2D eigenvalue weighted by molar-refractivity contribution is 0.102. The Bertz CT molecular complexity index is 545. The first-order valence-corrected chi connectivity index (χ1v) is 4.93. The number of nitrogen functional groups attached to an aromatic ring is 1. The first-order chi connectivity index (χ1) is 8.08. The van der Waals surface area contributed by atoms with E-state index in [1.165, 1.54) is 28.9 Å². The van der Waals surface area contributed by atoms with Crippen LogP contribution in [0, 0.1) is 5.82 Å². The van der Waals surface area contributed by atoms with Gasteiger partial charge in [-0.05, 0) is 12.1 Å². The predicted octanol–water partition coefficient (Wildman–Crippen LogP) is 1.39. The third-order valence-electron chi connectivity index (χ3n) is 2.28. The quantitative estimate of drug-likeness (QED) is 0.824. The average molecular weight is 234 g/mol. The molecule has 0 spiro atoms. The van der Waals surface area contributed by atoms with Crippen LogP contribution in [-0.4, -0.2) is 15.7 Å². The molecule has 2 aromatic rings. The van der Waals surface area contributed by atoms with E-state index in [9.17, 15) is 9.18 Å². The van der Waals surface area contributed by atoms with Gasteiger partial charge in [-0.15, -0.1) is 0 Å². The maximum absolute atomic E-state index is 13.3. The van der Waals surface area contributed by atoms with Gasteiger partial charge in [0, 0.05) is 13.1 Å². The second-order valence-corrected chi connectivity index (χ2v) is 3.51. The van der Waals surface area contributed by atoms with Gasteiger partial charge in [0.25, 0.3) is 5.91 Å². The standard InChI is InChI=1S/C11H11FN4O/c1-16-9(13)6-10(15-16)14-11(17)7-4-2-3-5-8(7)12/h2-6H,13H2,1H3,(H,14,15,17). The molecule has 1 aromatic heterocycles. The van der Waals surface area contributed by atoms with E-state index in [-0.39, 0.29) is 5.56 Å². The van der Waals surface area contributed by atoms with Crippen LogP contribution in [0.5, 0.6) is 0 Å². The molecule has 1 aromatic carbocycles. The fourth-order valence-electron chi connectivity index (χ4n) is 1.37. The molecule has 5 nitrogen and oxygen atoms in total. The number of halogens is 1. The molecule has 0 radical (unpaired) electrons. The topological polar surface area (TPSA) is 72.9 Å². The highest BCUT2D eigenvalue weighted by Crippen LogP contribution is 2.12. The van der Waals surface area contributed by atoms with E-state index in [1.54, 1.807) is 13.1 Å². The molecule has 0 fully saturated rings. The van der Waals surface area contributed by atoms with Crippen LogP contribution in [0.15, 0.2) is 30.3 Å². The van der Waals surface area contributed by atoms with Crippen LogP contribution in [0.25, 0.3) is 0 Å². The molecule has 0 aliphatic heterocycles. The molecular formula is C11H11FN4O. The van der Waals surface area contributed by atoms with Crippen molar-refractivity contribution in [2.75, 3.05) is 11.1 Å². The Balaban J connectivity index is 2.20. The Hall–Kier alpha value is -2.37. The maximum Gasteiger partial charge on any atom is 0.259 e. The van der Waals surface area contributed by atoms with Gasteiger partial charge in [0.1, 0.15) is 11.6 Å². The molecule has 88 valence electrons. The Morgan fingerprint density at radius 2 is 2.18 bits per heavy atom. The normalized spacial score (nSPS) is 10.2. The fraction of sp³-hybridized carbons (Fsp3) is 0.0909. The Kier molecular flexibility index (Phi) is 2.78. The lowest BCUT2D eigenvalue weighted by Crippen LogP contribution is -2.14. The van der Waals surface area contributed by atoms with Crippen molar-refractivity contribution in [3.63, 3.8) is 0 Å². The monoisotopic (exact) mass is 234 g/mol. The summed E-state index contributed by atoms with van der Waals surface area (Å²) in [5.74, 6) is -0.429. The summed E-state index contributed by atoms with van der Waals surface area (Å²) in [6, 6.07) is 7.23. The maximum atomic E-state index is 13.3. The van der Waals surface area contributed by atoms with Gasteiger partial charge in [0.05, 0.1) is 5.56 Å². The van der Waals surface area contributed by atoms with Crippen LogP contribution in [0.2, 0.25) is 0 Å². The average Bonchev–Trinajstić information content (AvgIpc) is 2.58. The zero-order chi connectivity index (χ0) is 12.4. The first-order valence-electron chi connectivity index (χ1n) is 4.93. The number of aryl methyl sites for hydroxylation is 1. The molecule has 1 amide bonds. The van der Waals surface area contributed by atoms with Crippen molar-refractivity contribution in [1.29, 1.82) is 0 Å². The number of hydrogen-bond donors (Lipinski definition) is 2. The molecular weight excluding hydrogens is 223 g/mol. The molecule has 17 heavy (non-hydrogen) atoms. The van der Waals surface area contributed by atoms with Gasteiger partial charge >= 0.3 is 0 Å². The molecule has 0 bridgehead atoms. The summed E-state index contributed by atoms with van der Waals surface area (Å²) in [6.45, 7) is 0. The molecule has 2 rings (SSSR count). The number of nitrogens with one attached hydrogen (secondary N) is 1. The number of hydrogen-bond acceptors (Lipinski definition) is 3. The van der Waals surface area contributed by atoms with Crippen LogP contribution < -0.4 is 11.1 Å². The minimum absolute atomic E-state index is 0.0308. The number of anilines is 2. The molecule has 0 saturated carbocycles. The number of nitrogens with two attached hydrogens (primary N) is 1. The highest BCUT2D eigenvalue weighted by molar-refractivity contribution is 6.04. The van der Waals surface area contributed by atoms with Crippen molar-refractivity contribution >= 4 is 17.5 Å². The van der Waals surface area contributed by atoms with E-state index in [1.807, 2.05) is 0 Å². The molecule has 0 aliphatic carbocycles. The number of carbonyl (C=O) groups excluding carboxylic acids is 1. The fourth-order valence-corrected chi connectivity index (χ4v) is 1.37. The first kappa shape index (κ1) is 11.1. The molecule has 0 saturated heterocycles. The van der Waals surface area contributed by atoms with Gasteiger partial charge in [-0.25, -0.2) is 4.39 Å². The summed E-state index contributed by atoms with van der Waals surface area (Å²) < 4.78 is 14.7. The number of benzene rings is 1. The highest BCUT2D eigenvalue weighted by Gasteiger charge is 2.12. The van der Waals surface area contributed by atoms with E-state index < -0.39 is 11.7 Å². The number of carbonyl (C=O) groups is 1. The number of nitrogens with zero attached hydrogens (tertiary/aromatic N) is 2. The zero-order valence-electron chi connectivity index (χ0n) is 9.14. The summed E-state index contributed by atoms with van der Waals surface area (Å²) in [4.78, 5) is 11.7. The molecule has 0 atom stereocenters. The Morgan fingerprint density at radius 3 is 2.76 bits per heavy atom. The van der Waals surface area contributed by atoms with Gasteiger partial charge in [-0.3, -0.25) is 9.48 Å². The van der Waals surface area contributed by atoms with E-state index >= 15 is 0 Å². The van der Waals surface area contributed by atoms with Gasteiger partial charge in [-0.2, -0.15) is 5.10 Å². The second-order valence-electron chi connectivity index (χ2n) is 3.51. The third-order valence-corrected chi connectivity index (χ3v) is 2.28. The van der Waals surface area contributed by atoms with Crippen LogP contribution in [0.4, 0.5) is 16.0 Å². The summed E-state index contributed by atoms with van der Waals surface area (Å²) in [7, 11) is 1.65. The number of aromatic nitrogens is 2. The van der Waals surface area contributed by atoms with Crippen LogP contribution in [0.3, 0.4) is 0 Å². The highest BCUT2D eigenvalue weighted by atomic mass is 19.1. The molecule has 0 unspecified atom stereocenters. The minimum atomic E-state index is -0.575. The van der Waals surface area contributed by atoms with E-state index in [0.29, 0.717) is 11.6 Å². The number of rotatable bonds is 2. The van der Waals surface area contributed by atoms with Crippen molar-refractivity contribution < 1.29 is 9.18 Å². The molecule has 0 aliphatic rings. The third kappa shape index (κ3) is 2.25. The summed E-state index contributed by atoms with van der Waals surface area (Å²) >= 11 is 0. The molecule has 1 heterocycles. The van der Waals surface area contributed by atoms with Crippen molar-refractivity contribution in [1.82, 2.24) is 9.78 Å². The summed E-state index contributed by atoms with van der Waals surface area (Å²) in [6.07, 6.45) is 0. The predicted molar refractivity (Wildman–Crippen MR) is 62.0 cm³/mol. The van der Waals surface area contributed by atoms with Crippen LogP contribution in [0.1, 0.15) is 10.4 Å². The van der Waals surface area contributed by atoms with Gasteiger partial charge in [0.2, 0.25) is 0 Å². The SMILES string of the molecule is Cn1nc(NC(=O)c2ccccc2F)cc1N. The lowest BCUT2D eigenvalue weighted by Gasteiger charge is -2.02. The lowest BCUT2D eigenvalue weighted by atomic mass is 10.2. The van der Waals surface area contributed by atoms with Gasteiger partial charge in [-0.1, -0.05) is 12.1 Å². The Labute approximate surface area is 97.0 Å². The molecule has 6 heteroatoms. The van der Waals surface area contributed by atoms with Crippen LogP contribution >= 0.6 is 0 Å². The minimum Gasteiger partial charge on any atom is -0.384 e. The van der Waals surface area contributed by atoms with Gasteiger partial charge in [0.15, 0.2) is 5.82 Å². The van der Waals surface area contributed by atoms with Gasteiger partial charge < -0.3 is 11.1 Å². The summed E-state index contributed by atoms with van der Waals surface area (Å²) in [5.41, 5.74) is 5.53. The van der Waals surface area contributed by atoms with Crippen LogP contribution in [-0.2, 0) is 7.05 Å². The van der Waals surface area contributed by atoms with Crippen molar-refractivity contribution in [3.8, 4) is 0 Å². The van der Waals surface area contributed by atoms with Crippen molar-refractivity contribution in [3.05, 3.63) is 41.7 Å². The summed E-state index contributed by atoms with van der Waals surface area (Å²) in [5, 5.41) is 6.41. The largest absolute Gasteiger partial charge is 0.384 e. The van der Waals surface area contributed by atoms with E-state index in [0.717, 1.165) is 0 Å². The molecule has 3 N–H and O–H groups in total. The second kappa shape index (κ2) is 4.25. The van der Waals surface area contributed by atoms with Crippen molar-refractivity contribution in [2.24, 2.45) is 7.05 Å². The van der Waals surface area contributed by atoms with E-state index in [2.05, 4.69) is 10.4 Å². The van der Waals surface area contributed by atoms with E-state index in [4.69, 9.17) is 5.73 Å². The smallest absolute Gasteiger partial charge is 0.259 e. The number of amides is 1. The van der Waals surface area contributed by atoms with Crippen molar-refractivity contribution in [2.45, 2.75) is 0 Å².